The first-order chi connectivity index (χ1) is 12.0. The van der Waals surface area contributed by atoms with Crippen molar-refractivity contribution < 1.29 is 18.4 Å². The van der Waals surface area contributed by atoms with Gasteiger partial charge in [0.05, 0.1) is 0 Å². The summed E-state index contributed by atoms with van der Waals surface area (Å²) in [6.07, 6.45) is -0.785. The quantitative estimate of drug-likeness (QED) is 0.671. The summed E-state index contributed by atoms with van der Waals surface area (Å²) < 4.78 is 24.4. The lowest BCUT2D eigenvalue weighted by Gasteiger charge is -2.13. The van der Waals surface area contributed by atoms with E-state index in [-0.39, 0.29) is 11.7 Å². The van der Waals surface area contributed by atoms with Crippen molar-refractivity contribution in [2.45, 2.75) is 13.0 Å². The van der Waals surface area contributed by atoms with Crippen LogP contribution in [0, 0.1) is 5.82 Å². The Morgan fingerprint density at radius 2 is 1.88 bits per heavy atom. The van der Waals surface area contributed by atoms with E-state index in [1.54, 1.807) is 13.0 Å². The van der Waals surface area contributed by atoms with Gasteiger partial charge in [0.15, 0.2) is 6.10 Å². The molecule has 3 aromatic rings. The van der Waals surface area contributed by atoms with Gasteiger partial charge in [0.1, 0.15) is 17.3 Å². The van der Waals surface area contributed by atoms with Gasteiger partial charge in [-0.1, -0.05) is 33.2 Å². The minimum atomic E-state index is -0.785. The summed E-state index contributed by atoms with van der Waals surface area (Å²) in [6.45, 7) is 1.59. The normalized spacial score (nSPS) is 11.8. The third-order valence-corrected chi connectivity index (χ3v) is 3.92. The third-order valence-electron chi connectivity index (χ3n) is 3.39. The topological polar surface area (TPSA) is 64.4 Å². The highest BCUT2D eigenvalue weighted by Crippen LogP contribution is 2.23. The number of benzene rings is 2. The Labute approximate surface area is 151 Å². The summed E-state index contributed by atoms with van der Waals surface area (Å²) in [7, 11) is 0. The first kappa shape index (κ1) is 17.2. The number of carbonyl (C=O) groups excluding carboxylic acids is 1. The number of carbonyl (C=O) groups is 1. The van der Waals surface area contributed by atoms with Gasteiger partial charge < -0.3 is 9.26 Å². The van der Waals surface area contributed by atoms with E-state index >= 15 is 0 Å². The molecule has 0 bridgehead atoms. The Hall–Kier alpha value is -2.67. The van der Waals surface area contributed by atoms with Gasteiger partial charge in [-0.3, -0.25) is 10.1 Å². The second-order valence-electron chi connectivity index (χ2n) is 5.29. The molecule has 0 saturated heterocycles. The first-order valence-corrected chi connectivity index (χ1v) is 8.26. The molecule has 2 aromatic carbocycles. The number of nitrogens with zero attached hydrogens (tertiary/aromatic N) is 1. The third kappa shape index (κ3) is 4.45. The zero-order valence-corrected chi connectivity index (χ0v) is 14.8. The molecule has 0 radical (unpaired) electrons. The minimum Gasteiger partial charge on any atom is -0.481 e. The average molecular weight is 405 g/mol. The van der Waals surface area contributed by atoms with Gasteiger partial charge in [-0.2, -0.15) is 0 Å². The molecule has 5 nitrogen and oxygen atoms in total. The maximum atomic E-state index is 12.9. The molecule has 1 amide bonds. The summed E-state index contributed by atoms with van der Waals surface area (Å²) in [6, 6.07) is 14.6. The van der Waals surface area contributed by atoms with Crippen LogP contribution in [0.25, 0.3) is 11.3 Å². The SMILES string of the molecule is CC(Oc1ccc(F)cc1)C(=O)Nc1cc(-c2ccc(Br)cc2)no1. The van der Waals surface area contributed by atoms with Crippen molar-refractivity contribution in [3.63, 3.8) is 0 Å². The van der Waals surface area contributed by atoms with E-state index in [0.29, 0.717) is 11.4 Å². The number of halogens is 2. The van der Waals surface area contributed by atoms with Crippen LogP contribution in [0.3, 0.4) is 0 Å². The molecule has 0 aliphatic rings. The van der Waals surface area contributed by atoms with E-state index in [1.807, 2.05) is 24.3 Å². The van der Waals surface area contributed by atoms with Crippen LogP contribution in [0.1, 0.15) is 6.92 Å². The Bertz CT molecular complexity index is 863. The van der Waals surface area contributed by atoms with Gasteiger partial charge in [-0.25, -0.2) is 4.39 Å². The smallest absolute Gasteiger partial charge is 0.267 e. The van der Waals surface area contributed by atoms with Crippen molar-refractivity contribution >= 4 is 27.7 Å². The lowest BCUT2D eigenvalue weighted by molar-refractivity contribution is -0.122. The van der Waals surface area contributed by atoms with E-state index in [0.717, 1.165) is 10.0 Å². The van der Waals surface area contributed by atoms with Crippen molar-refractivity contribution in [3.8, 4) is 17.0 Å². The molecular weight excluding hydrogens is 391 g/mol. The van der Waals surface area contributed by atoms with Gasteiger partial charge in [-0.05, 0) is 43.3 Å². The summed E-state index contributed by atoms with van der Waals surface area (Å²) in [5.74, 6) is -0.149. The molecule has 0 aliphatic carbocycles. The van der Waals surface area contributed by atoms with Crippen LogP contribution in [0.5, 0.6) is 5.75 Å². The number of aromatic nitrogens is 1. The highest BCUT2D eigenvalue weighted by molar-refractivity contribution is 9.10. The molecule has 0 saturated carbocycles. The van der Waals surface area contributed by atoms with Gasteiger partial charge >= 0.3 is 0 Å². The van der Waals surface area contributed by atoms with Crippen LogP contribution >= 0.6 is 15.9 Å². The van der Waals surface area contributed by atoms with Crippen molar-refractivity contribution in [2.24, 2.45) is 0 Å². The summed E-state index contributed by atoms with van der Waals surface area (Å²) >= 11 is 3.37. The lowest BCUT2D eigenvalue weighted by Crippen LogP contribution is -2.29. The average Bonchev–Trinajstić information content (AvgIpc) is 3.06. The molecule has 1 aromatic heterocycles. The highest BCUT2D eigenvalue weighted by Gasteiger charge is 2.17. The van der Waals surface area contributed by atoms with E-state index in [4.69, 9.17) is 9.26 Å². The maximum absolute atomic E-state index is 12.9. The van der Waals surface area contributed by atoms with Crippen LogP contribution in [0.4, 0.5) is 10.3 Å². The molecule has 7 heteroatoms. The summed E-state index contributed by atoms with van der Waals surface area (Å²) in [5, 5.41) is 6.53. The van der Waals surface area contributed by atoms with Crippen LogP contribution in [0.15, 0.2) is 63.6 Å². The number of nitrogens with one attached hydrogen (secondary N) is 1. The van der Waals surface area contributed by atoms with Gasteiger partial charge in [0.25, 0.3) is 5.91 Å². The zero-order valence-electron chi connectivity index (χ0n) is 13.2. The van der Waals surface area contributed by atoms with E-state index in [1.165, 1.54) is 24.3 Å². The zero-order chi connectivity index (χ0) is 17.8. The second-order valence-corrected chi connectivity index (χ2v) is 6.20. The Kier molecular flexibility index (Phi) is 5.14. The minimum absolute atomic E-state index is 0.220. The van der Waals surface area contributed by atoms with E-state index in [2.05, 4.69) is 26.4 Å². The van der Waals surface area contributed by atoms with Crippen molar-refractivity contribution in [2.75, 3.05) is 5.32 Å². The number of ether oxygens (including phenoxy) is 1. The van der Waals surface area contributed by atoms with Gasteiger partial charge in [-0.15, -0.1) is 0 Å². The number of hydrogen-bond acceptors (Lipinski definition) is 4. The molecule has 1 N–H and O–H groups in total. The van der Waals surface area contributed by atoms with Gasteiger partial charge in [0.2, 0.25) is 5.88 Å². The molecule has 0 aliphatic heterocycles. The molecule has 25 heavy (non-hydrogen) atoms. The molecule has 0 spiro atoms. The number of rotatable bonds is 5. The van der Waals surface area contributed by atoms with Crippen LogP contribution in [0.2, 0.25) is 0 Å². The molecular formula is C18H14BrFN2O3. The largest absolute Gasteiger partial charge is 0.481 e. The Balaban J connectivity index is 1.62. The molecule has 0 fully saturated rings. The van der Waals surface area contributed by atoms with Crippen molar-refractivity contribution in [1.82, 2.24) is 5.16 Å². The molecule has 3 rings (SSSR count). The molecule has 1 atom stereocenters. The second kappa shape index (κ2) is 7.48. The predicted octanol–water partition coefficient (Wildman–Crippen LogP) is 4.65. The fraction of sp³-hybridized carbons (Fsp3) is 0.111. The van der Waals surface area contributed by atoms with E-state index in [9.17, 15) is 9.18 Å². The fourth-order valence-electron chi connectivity index (χ4n) is 2.08. The van der Waals surface area contributed by atoms with Crippen LogP contribution in [-0.2, 0) is 4.79 Å². The first-order valence-electron chi connectivity index (χ1n) is 7.47. The van der Waals surface area contributed by atoms with E-state index < -0.39 is 12.0 Å². The highest BCUT2D eigenvalue weighted by atomic mass is 79.9. The van der Waals surface area contributed by atoms with Crippen molar-refractivity contribution in [3.05, 3.63) is 64.9 Å². The predicted molar refractivity (Wildman–Crippen MR) is 94.8 cm³/mol. The maximum Gasteiger partial charge on any atom is 0.267 e. The van der Waals surface area contributed by atoms with Crippen LogP contribution < -0.4 is 10.1 Å². The van der Waals surface area contributed by atoms with Crippen LogP contribution in [-0.4, -0.2) is 17.2 Å². The lowest BCUT2D eigenvalue weighted by atomic mass is 10.1. The van der Waals surface area contributed by atoms with Gasteiger partial charge in [0, 0.05) is 16.1 Å². The molecule has 1 unspecified atom stereocenters. The Morgan fingerprint density at radius 3 is 2.56 bits per heavy atom. The molecule has 1 heterocycles. The Morgan fingerprint density at radius 1 is 1.20 bits per heavy atom. The monoisotopic (exact) mass is 404 g/mol. The number of anilines is 1. The van der Waals surface area contributed by atoms with Crippen molar-refractivity contribution in [1.29, 1.82) is 0 Å². The summed E-state index contributed by atoms with van der Waals surface area (Å²) in [4.78, 5) is 12.2. The number of amides is 1. The standard InChI is InChI=1S/C18H14BrFN2O3/c1-11(24-15-8-6-14(20)7-9-15)18(23)21-17-10-16(22-25-17)12-2-4-13(19)5-3-12/h2-11H,1H3,(H,21,23). The summed E-state index contributed by atoms with van der Waals surface area (Å²) in [5.41, 5.74) is 1.47. The number of hydrogen-bond donors (Lipinski definition) is 1. The fourth-order valence-corrected chi connectivity index (χ4v) is 2.35. The molecule has 128 valence electrons.